The van der Waals surface area contributed by atoms with Gasteiger partial charge in [-0.1, -0.05) is 18.2 Å². The van der Waals surface area contributed by atoms with Gasteiger partial charge in [0.25, 0.3) is 5.91 Å². The van der Waals surface area contributed by atoms with Gasteiger partial charge in [-0.3, -0.25) is 14.4 Å². The quantitative estimate of drug-likeness (QED) is 0.831. The lowest BCUT2D eigenvalue weighted by molar-refractivity contribution is -0.141. The van der Waals surface area contributed by atoms with E-state index in [9.17, 15) is 18.8 Å². The molecule has 0 spiro atoms. The van der Waals surface area contributed by atoms with E-state index in [1.165, 1.54) is 29.2 Å². The second-order valence-corrected chi connectivity index (χ2v) is 5.96. The highest BCUT2D eigenvalue weighted by molar-refractivity contribution is 6.15. The first-order chi connectivity index (χ1) is 12.0. The Hall–Kier alpha value is -2.73. The Bertz CT molecular complexity index is 838. The van der Waals surface area contributed by atoms with Crippen molar-refractivity contribution in [2.45, 2.75) is 6.42 Å². The van der Waals surface area contributed by atoms with Gasteiger partial charge in [-0.15, -0.1) is 12.4 Å². The Kier molecular flexibility index (Phi) is 6.10. The number of ketones is 1. The summed E-state index contributed by atoms with van der Waals surface area (Å²) < 4.78 is 13.0. The smallest absolute Gasteiger partial charge is 0.308 e. The molecule has 1 atom stereocenters. The molecule has 136 valence electrons. The number of hydrogen-bond acceptors (Lipinski definition) is 3. The second kappa shape index (κ2) is 8.10. The SMILES string of the molecule is Cl.O=C(c1ccc(F)cc1)c1ccccc1C(=O)N1CCC(C(=O)O)C1. The Morgan fingerprint density at radius 1 is 1.00 bits per heavy atom. The van der Waals surface area contributed by atoms with Crippen molar-refractivity contribution >= 4 is 30.1 Å². The molecule has 1 N–H and O–H groups in total. The van der Waals surface area contributed by atoms with Gasteiger partial charge in [0.05, 0.1) is 11.5 Å². The van der Waals surface area contributed by atoms with Gasteiger partial charge in [0.2, 0.25) is 0 Å². The molecule has 0 saturated carbocycles. The molecule has 1 aliphatic rings. The number of carboxylic acid groups (broad SMARTS) is 1. The highest BCUT2D eigenvalue weighted by Crippen LogP contribution is 2.22. The molecule has 7 heteroatoms. The van der Waals surface area contributed by atoms with Crippen LogP contribution in [-0.2, 0) is 4.79 Å². The van der Waals surface area contributed by atoms with Crippen LogP contribution in [-0.4, -0.2) is 40.8 Å². The third-order valence-corrected chi connectivity index (χ3v) is 4.33. The molecule has 0 aromatic heterocycles. The van der Waals surface area contributed by atoms with Gasteiger partial charge in [0.1, 0.15) is 5.82 Å². The van der Waals surface area contributed by atoms with Crippen LogP contribution < -0.4 is 0 Å². The number of likely N-dealkylation sites (tertiary alicyclic amines) is 1. The number of carbonyl (C=O) groups excluding carboxylic acids is 2. The number of aliphatic carboxylic acids is 1. The zero-order valence-corrected chi connectivity index (χ0v) is 14.5. The van der Waals surface area contributed by atoms with Crippen molar-refractivity contribution in [1.82, 2.24) is 4.90 Å². The van der Waals surface area contributed by atoms with E-state index in [1.54, 1.807) is 24.3 Å². The lowest BCUT2D eigenvalue weighted by Gasteiger charge is -2.17. The predicted octanol–water partition coefficient (Wildman–Crippen LogP) is 3.03. The molecule has 5 nitrogen and oxygen atoms in total. The maximum absolute atomic E-state index is 13.0. The number of amides is 1. The number of carbonyl (C=O) groups is 3. The summed E-state index contributed by atoms with van der Waals surface area (Å²) in [6.45, 7) is 0.474. The molecular formula is C19H17ClFNO4. The number of halogens is 2. The summed E-state index contributed by atoms with van der Waals surface area (Å²) in [5.74, 6) is -2.69. The van der Waals surface area contributed by atoms with Crippen LogP contribution in [0, 0.1) is 11.7 Å². The predicted molar refractivity (Wildman–Crippen MR) is 95.2 cm³/mol. The molecule has 1 heterocycles. The molecule has 0 aliphatic carbocycles. The normalized spacial score (nSPS) is 16.0. The Balaban J connectivity index is 0.00000243. The van der Waals surface area contributed by atoms with Gasteiger partial charge in [0.15, 0.2) is 5.78 Å². The summed E-state index contributed by atoms with van der Waals surface area (Å²) in [6.07, 6.45) is 0.398. The summed E-state index contributed by atoms with van der Waals surface area (Å²) in [6, 6.07) is 11.5. The Morgan fingerprint density at radius 3 is 2.19 bits per heavy atom. The fourth-order valence-corrected chi connectivity index (χ4v) is 2.94. The minimum Gasteiger partial charge on any atom is -0.481 e. The molecule has 26 heavy (non-hydrogen) atoms. The van der Waals surface area contributed by atoms with Crippen LogP contribution in [0.15, 0.2) is 48.5 Å². The molecule has 1 fully saturated rings. The zero-order valence-electron chi connectivity index (χ0n) is 13.7. The minimum atomic E-state index is -0.925. The molecule has 2 aromatic rings. The van der Waals surface area contributed by atoms with Gasteiger partial charge < -0.3 is 10.0 Å². The first kappa shape index (κ1) is 19.6. The Morgan fingerprint density at radius 2 is 1.62 bits per heavy atom. The van der Waals surface area contributed by atoms with E-state index in [0.29, 0.717) is 13.0 Å². The molecule has 1 amide bonds. The average Bonchev–Trinajstić information content (AvgIpc) is 3.11. The van der Waals surface area contributed by atoms with E-state index >= 15 is 0 Å². The van der Waals surface area contributed by atoms with Gasteiger partial charge in [-0.25, -0.2) is 4.39 Å². The number of carboxylic acids is 1. The third-order valence-electron chi connectivity index (χ3n) is 4.33. The monoisotopic (exact) mass is 377 g/mol. The van der Waals surface area contributed by atoms with Crippen molar-refractivity contribution in [3.63, 3.8) is 0 Å². The lowest BCUT2D eigenvalue weighted by Crippen LogP contribution is -2.31. The number of hydrogen-bond donors (Lipinski definition) is 1. The molecular weight excluding hydrogens is 361 g/mol. The van der Waals surface area contributed by atoms with Crippen LogP contribution in [0.2, 0.25) is 0 Å². The van der Waals surface area contributed by atoms with Gasteiger partial charge in [-0.2, -0.15) is 0 Å². The molecule has 0 radical (unpaired) electrons. The van der Waals surface area contributed by atoms with Gasteiger partial charge in [0, 0.05) is 24.2 Å². The van der Waals surface area contributed by atoms with E-state index in [0.717, 1.165) is 0 Å². The van der Waals surface area contributed by atoms with Crippen molar-refractivity contribution < 1.29 is 23.9 Å². The average molecular weight is 378 g/mol. The largest absolute Gasteiger partial charge is 0.481 e. The number of nitrogens with zero attached hydrogens (tertiary/aromatic N) is 1. The first-order valence-corrected chi connectivity index (χ1v) is 7.88. The Labute approximate surface area is 155 Å². The van der Waals surface area contributed by atoms with E-state index in [2.05, 4.69) is 0 Å². The van der Waals surface area contributed by atoms with Crippen LogP contribution in [0.1, 0.15) is 32.7 Å². The van der Waals surface area contributed by atoms with Crippen molar-refractivity contribution in [3.05, 3.63) is 71.0 Å². The molecule has 1 unspecified atom stereocenters. The highest BCUT2D eigenvalue weighted by Gasteiger charge is 2.32. The lowest BCUT2D eigenvalue weighted by atomic mass is 9.97. The van der Waals surface area contributed by atoms with Crippen molar-refractivity contribution in [3.8, 4) is 0 Å². The van der Waals surface area contributed by atoms with E-state index in [1.807, 2.05) is 0 Å². The molecule has 3 rings (SSSR count). The van der Waals surface area contributed by atoms with Crippen LogP contribution in [0.4, 0.5) is 4.39 Å². The minimum absolute atomic E-state index is 0. The standard InChI is InChI=1S/C19H16FNO4.ClH/c20-14-7-5-12(6-8-14)17(22)15-3-1-2-4-16(15)18(23)21-10-9-13(11-21)19(24)25;/h1-8,13H,9-11H2,(H,24,25);1H. The fraction of sp³-hybridized carbons (Fsp3) is 0.211. The highest BCUT2D eigenvalue weighted by atomic mass is 35.5. The van der Waals surface area contributed by atoms with Crippen LogP contribution in [0.5, 0.6) is 0 Å². The molecule has 0 bridgehead atoms. The summed E-state index contributed by atoms with van der Waals surface area (Å²) in [5.41, 5.74) is 0.729. The molecule has 1 aliphatic heterocycles. The van der Waals surface area contributed by atoms with Crippen LogP contribution in [0.3, 0.4) is 0 Å². The van der Waals surface area contributed by atoms with Crippen LogP contribution in [0.25, 0.3) is 0 Å². The summed E-state index contributed by atoms with van der Waals surface area (Å²) in [4.78, 5) is 38.0. The van der Waals surface area contributed by atoms with E-state index < -0.39 is 17.7 Å². The zero-order chi connectivity index (χ0) is 18.0. The third kappa shape index (κ3) is 3.91. The topological polar surface area (TPSA) is 74.7 Å². The second-order valence-electron chi connectivity index (χ2n) is 5.96. The van der Waals surface area contributed by atoms with Crippen molar-refractivity contribution in [2.75, 3.05) is 13.1 Å². The van der Waals surface area contributed by atoms with Crippen molar-refractivity contribution in [1.29, 1.82) is 0 Å². The van der Waals surface area contributed by atoms with Crippen LogP contribution >= 0.6 is 12.4 Å². The van der Waals surface area contributed by atoms with E-state index in [4.69, 9.17) is 5.11 Å². The molecule has 1 saturated heterocycles. The number of rotatable bonds is 4. The maximum atomic E-state index is 13.0. The summed E-state index contributed by atoms with van der Waals surface area (Å²) in [5, 5.41) is 9.07. The summed E-state index contributed by atoms with van der Waals surface area (Å²) in [7, 11) is 0. The van der Waals surface area contributed by atoms with E-state index in [-0.39, 0.29) is 47.3 Å². The van der Waals surface area contributed by atoms with Crippen molar-refractivity contribution in [2.24, 2.45) is 5.92 Å². The summed E-state index contributed by atoms with van der Waals surface area (Å²) >= 11 is 0. The maximum Gasteiger partial charge on any atom is 0.308 e. The molecule has 2 aromatic carbocycles. The fourth-order valence-electron chi connectivity index (χ4n) is 2.94. The first-order valence-electron chi connectivity index (χ1n) is 7.88. The van der Waals surface area contributed by atoms with Gasteiger partial charge in [-0.05, 0) is 36.8 Å². The van der Waals surface area contributed by atoms with Gasteiger partial charge >= 0.3 is 5.97 Å². The number of benzene rings is 2.